The molecule has 1 unspecified atom stereocenters. The molecule has 1 N–H and O–H groups in total. The molecule has 4 nitrogen and oxygen atoms in total. The number of hydrogen-bond acceptors (Lipinski definition) is 5. The van der Waals surface area contributed by atoms with Crippen LogP contribution in [0.1, 0.15) is 12.8 Å². The quantitative estimate of drug-likeness (QED) is 0.744. The number of likely N-dealkylation sites (tertiary alicyclic amines) is 1. The fraction of sp³-hybridized carbons (Fsp3) is 0.368. The molecule has 6 heteroatoms. The van der Waals surface area contributed by atoms with Crippen molar-refractivity contribution in [3.8, 4) is 10.4 Å². The van der Waals surface area contributed by atoms with E-state index in [9.17, 15) is 4.39 Å². The van der Waals surface area contributed by atoms with Gasteiger partial charge in [-0.25, -0.2) is 14.4 Å². The number of nitrogens with one attached hydrogen (secondary N) is 1. The van der Waals surface area contributed by atoms with Crippen LogP contribution in [0, 0.1) is 0 Å². The van der Waals surface area contributed by atoms with E-state index in [4.69, 9.17) is 0 Å². The van der Waals surface area contributed by atoms with Gasteiger partial charge in [-0.3, -0.25) is 4.90 Å². The number of alkyl halides is 1. The summed E-state index contributed by atoms with van der Waals surface area (Å²) in [6.07, 6.45) is 3.80. The van der Waals surface area contributed by atoms with Crippen LogP contribution in [-0.2, 0) is 0 Å². The van der Waals surface area contributed by atoms with E-state index >= 15 is 0 Å². The van der Waals surface area contributed by atoms with Gasteiger partial charge in [-0.05, 0) is 31.0 Å². The number of hydrogen-bond donors (Lipinski definition) is 1. The Bertz CT molecular complexity index is 834. The molecule has 0 amide bonds. The maximum Gasteiger partial charge on any atom is 0.138 e. The monoisotopic (exact) mass is 356 g/mol. The number of aromatic nitrogens is 2. The second-order valence-electron chi connectivity index (χ2n) is 6.39. The van der Waals surface area contributed by atoms with Gasteiger partial charge in [-0.2, -0.15) is 0 Å². The molecule has 0 spiro atoms. The normalized spacial score (nSPS) is 18.5. The number of rotatable bonds is 5. The summed E-state index contributed by atoms with van der Waals surface area (Å²) in [5, 5.41) is 4.63. The number of benzene rings is 1. The summed E-state index contributed by atoms with van der Waals surface area (Å²) in [6.45, 7) is 2.09. The van der Waals surface area contributed by atoms with E-state index in [0.29, 0.717) is 12.6 Å². The third-order valence-electron chi connectivity index (χ3n) is 4.63. The average molecular weight is 356 g/mol. The zero-order valence-corrected chi connectivity index (χ0v) is 14.8. The van der Waals surface area contributed by atoms with E-state index in [1.807, 2.05) is 18.2 Å². The Morgan fingerprint density at radius 3 is 2.96 bits per heavy atom. The molecule has 0 saturated carbocycles. The van der Waals surface area contributed by atoms with Crippen LogP contribution in [0.4, 0.5) is 10.2 Å². The number of fused-ring (bicyclic) bond motifs is 1. The highest BCUT2D eigenvalue weighted by Crippen LogP contribution is 2.35. The van der Waals surface area contributed by atoms with Crippen molar-refractivity contribution < 1.29 is 4.39 Å². The zero-order chi connectivity index (χ0) is 17.1. The second kappa shape index (κ2) is 7.45. The Kier molecular flexibility index (Phi) is 4.90. The lowest BCUT2D eigenvalue weighted by molar-refractivity contribution is 0.200. The molecule has 0 radical (unpaired) electrons. The first-order chi connectivity index (χ1) is 12.3. The van der Waals surface area contributed by atoms with Gasteiger partial charge in [0.1, 0.15) is 23.7 Å². The largest absolute Gasteiger partial charge is 0.365 e. The van der Waals surface area contributed by atoms with Gasteiger partial charge in [-0.1, -0.05) is 30.3 Å². The zero-order valence-electron chi connectivity index (χ0n) is 14.0. The van der Waals surface area contributed by atoms with Gasteiger partial charge in [0.2, 0.25) is 0 Å². The first kappa shape index (κ1) is 16.4. The SMILES string of the molecule is FCCN1CCCC(Nc2ncnc3sc(-c4ccccc4)cc23)C1. The fourth-order valence-corrected chi connectivity index (χ4v) is 4.41. The summed E-state index contributed by atoms with van der Waals surface area (Å²) in [5.74, 6) is 0.885. The standard InChI is InChI=1S/C19H21FN4S/c20-8-10-24-9-4-7-15(12-24)23-18-16-11-17(14-5-2-1-3-6-14)25-19(16)22-13-21-18/h1-3,5-6,11,13,15H,4,7-10,12H2,(H,21,22,23). The Labute approximate surface area is 150 Å². The van der Waals surface area contributed by atoms with Crippen molar-refractivity contribution >= 4 is 27.4 Å². The molecule has 25 heavy (non-hydrogen) atoms. The van der Waals surface area contributed by atoms with Crippen molar-refractivity contribution in [1.82, 2.24) is 14.9 Å². The predicted octanol–water partition coefficient (Wildman–Crippen LogP) is 4.20. The molecular weight excluding hydrogens is 335 g/mol. The van der Waals surface area contributed by atoms with Crippen LogP contribution in [-0.4, -0.2) is 47.2 Å². The van der Waals surface area contributed by atoms with Crippen molar-refractivity contribution in [3.05, 3.63) is 42.7 Å². The number of halogens is 1. The molecule has 2 aromatic heterocycles. The minimum Gasteiger partial charge on any atom is -0.365 e. The highest BCUT2D eigenvalue weighted by molar-refractivity contribution is 7.21. The van der Waals surface area contributed by atoms with E-state index in [1.165, 1.54) is 10.4 Å². The summed E-state index contributed by atoms with van der Waals surface area (Å²) in [4.78, 5) is 13.3. The molecule has 4 rings (SSSR count). The van der Waals surface area contributed by atoms with E-state index in [2.05, 4.69) is 38.4 Å². The lowest BCUT2D eigenvalue weighted by Crippen LogP contribution is -2.43. The topological polar surface area (TPSA) is 41.0 Å². The molecular formula is C19H21FN4S. The molecule has 3 aromatic rings. The summed E-state index contributed by atoms with van der Waals surface area (Å²) in [5.41, 5.74) is 1.20. The molecule has 1 saturated heterocycles. The van der Waals surface area contributed by atoms with Gasteiger partial charge >= 0.3 is 0 Å². The first-order valence-corrected chi connectivity index (χ1v) is 9.50. The lowest BCUT2D eigenvalue weighted by atomic mass is 10.1. The van der Waals surface area contributed by atoms with Crippen molar-refractivity contribution in [2.75, 3.05) is 31.6 Å². The second-order valence-corrected chi connectivity index (χ2v) is 7.42. The minimum absolute atomic E-state index is 0.282. The molecule has 1 aliphatic heterocycles. The Hall–Kier alpha value is -2.05. The van der Waals surface area contributed by atoms with Crippen molar-refractivity contribution in [2.45, 2.75) is 18.9 Å². The highest BCUT2D eigenvalue weighted by atomic mass is 32.1. The molecule has 1 aliphatic rings. The third kappa shape index (κ3) is 3.65. The molecule has 1 aromatic carbocycles. The van der Waals surface area contributed by atoms with E-state index in [0.717, 1.165) is 42.0 Å². The summed E-state index contributed by atoms with van der Waals surface area (Å²) in [7, 11) is 0. The van der Waals surface area contributed by atoms with Crippen LogP contribution >= 0.6 is 11.3 Å². The van der Waals surface area contributed by atoms with Crippen molar-refractivity contribution in [3.63, 3.8) is 0 Å². The maximum atomic E-state index is 12.6. The Morgan fingerprint density at radius 1 is 1.24 bits per heavy atom. The van der Waals surface area contributed by atoms with Crippen molar-refractivity contribution in [1.29, 1.82) is 0 Å². The molecule has 0 aliphatic carbocycles. The molecule has 0 bridgehead atoms. The predicted molar refractivity (Wildman–Crippen MR) is 102 cm³/mol. The summed E-state index contributed by atoms with van der Waals surface area (Å²) >= 11 is 1.68. The fourth-order valence-electron chi connectivity index (χ4n) is 3.40. The third-order valence-corrected chi connectivity index (χ3v) is 5.73. The molecule has 1 fully saturated rings. The van der Waals surface area contributed by atoms with Gasteiger partial charge in [0.15, 0.2) is 0 Å². The number of piperidine rings is 1. The van der Waals surface area contributed by atoms with Crippen LogP contribution in [0.2, 0.25) is 0 Å². The van der Waals surface area contributed by atoms with Crippen LogP contribution in [0.25, 0.3) is 20.7 Å². The van der Waals surface area contributed by atoms with Crippen molar-refractivity contribution in [2.24, 2.45) is 0 Å². The molecule has 130 valence electrons. The summed E-state index contributed by atoms with van der Waals surface area (Å²) < 4.78 is 12.6. The summed E-state index contributed by atoms with van der Waals surface area (Å²) in [6, 6.07) is 12.8. The average Bonchev–Trinajstić information content (AvgIpc) is 3.09. The van der Waals surface area contributed by atoms with Gasteiger partial charge in [0, 0.05) is 24.0 Å². The first-order valence-electron chi connectivity index (χ1n) is 8.68. The van der Waals surface area contributed by atoms with E-state index < -0.39 is 0 Å². The number of anilines is 1. The van der Waals surface area contributed by atoms with Gasteiger partial charge in [-0.15, -0.1) is 11.3 Å². The lowest BCUT2D eigenvalue weighted by Gasteiger charge is -2.32. The van der Waals surface area contributed by atoms with Crippen LogP contribution < -0.4 is 5.32 Å². The van der Waals surface area contributed by atoms with Gasteiger partial charge < -0.3 is 5.32 Å². The highest BCUT2D eigenvalue weighted by Gasteiger charge is 2.21. The molecule has 1 atom stereocenters. The van der Waals surface area contributed by atoms with Crippen LogP contribution in [0.5, 0.6) is 0 Å². The van der Waals surface area contributed by atoms with E-state index in [-0.39, 0.29) is 6.67 Å². The smallest absolute Gasteiger partial charge is 0.138 e. The maximum absolute atomic E-state index is 12.6. The van der Waals surface area contributed by atoms with Gasteiger partial charge in [0.05, 0.1) is 5.39 Å². The van der Waals surface area contributed by atoms with Crippen LogP contribution in [0.15, 0.2) is 42.7 Å². The molecule has 3 heterocycles. The Balaban J connectivity index is 1.58. The van der Waals surface area contributed by atoms with Gasteiger partial charge in [0.25, 0.3) is 0 Å². The Morgan fingerprint density at radius 2 is 2.12 bits per heavy atom. The van der Waals surface area contributed by atoms with Crippen LogP contribution in [0.3, 0.4) is 0 Å². The minimum atomic E-state index is -0.282. The van der Waals surface area contributed by atoms with E-state index in [1.54, 1.807) is 17.7 Å². The number of nitrogens with zero attached hydrogens (tertiary/aromatic N) is 3. The number of thiophene rings is 1.